The third-order valence-electron chi connectivity index (χ3n) is 2.78. The van der Waals surface area contributed by atoms with Crippen LogP contribution in [0, 0.1) is 3.57 Å². The highest BCUT2D eigenvalue weighted by Gasteiger charge is 2.12. The first-order valence-electron chi connectivity index (χ1n) is 5.92. The van der Waals surface area contributed by atoms with Crippen molar-refractivity contribution >= 4 is 51.7 Å². The second-order valence-corrected chi connectivity index (χ2v) is 6.56. The summed E-state index contributed by atoms with van der Waals surface area (Å²) in [6, 6.07) is 12.8. The van der Waals surface area contributed by atoms with Crippen molar-refractivity contribution in [3.8, 4) is 0 Å². The van der Waals surface area contributed by atoms with Gasteiger partial charge in [0.05, 0.1) is 0 Å². The van der Waals surface area contributed by atoms with E-state index in [4.69, 9.17) is 23.2 Å². The molecule has 1 amide bonds. The molecule has 0 N–H and O–H groups in total. The Morgan fingerprint density at radius 2 is 1.65 bits per heavy atom. The van der Waals surface area contributed by atoms with Crippen LogP contribution in [0.1, 0.15) is 15.9 Å². The molecule has 5 heteroatoms. The van der Waals surface area contributed by atoms with Gasteiger partial charge in [-0.25, -0.2) is 0 Å². The minimum Gasteiger partial charge on any atom is -0.337 e. The molecule has 0 fully saturated rings. The van der Waals surface area contributed by atoms with E-state index in [1.807, 2.05) is 36.4 Å². The number of carbonyl (C=O) groups excluding carboxylic acids is 1. The molecule has 104 valence electrons. The van der Waals surface area contributed by atoms with Gasteiger partial charge in [0, 0.05) is 32.8 Å². The van der Waals surface area contributed by atoms with Crippen LogP contribution in [0.25, 0.3) is 0 Å². The third kappa shape index (κ3) is 4.11. The fourth-order valence-electron chi connectivity index (χ4n) is 1.86. The van der Waals surface area contributed by atoms with Crippen LogP contribution in [0.15, 0.2) is 42.5 Å². The van der Waals surface area contributed by atoms with E-state index in [1.54, 1.807) is 18.0 Å². The zero-order chi connectivity index (χ0) is 14.7. The van der Waals surface area contributed by atoms with Gasteiger partial charge < -0.3 is 4.90 Å². The van der Waals surface area contributed by atoms with Crippen LogP contribution in [0.2, 0.25) is 10.0 Å². The molecule has 0 aliphatic heterocycles. The van der Waals surface area contributed by atoms with Crippen LogP contribution in [0.4, 0.5) is 0 Å². The Morgan fingerprint density at radius 3 is 2.20 bits per heavy atom. The molecule has 0 saturated carbocycles. The van der Waals surface area contributed by atoms with Gasteiger partial charge in [-0.1, -0.05) is 23.2 Å². The Hall–Kier alpha value is -0.780. The number of nitrogens with zero attached hydrogens (tertiary/aromatic N) is 1. The highest BCUT2D eigenvalue weighted by Crippen LogP contribution is 2.20. The van der Waals surface area contributed by atoms with Crippen molar-refractivity contribution in [1.82, 2.24) is 4.90 Å². The lowest BCUT2D eigenvalue weighted by Gasteiger charge is -2.17. The van der Waals surface area contributed by atoms with Gasteiger partial charge in [0.2, 0.25) is 0 Å². The molecule has 0 saturated heterocycles. The van der Waals surface area contributed by atoms with E-state index in [-0.39, 0.29) is 5.91 Å². The van der Waals surface area contributed by atoms with Gasteiger partial charge >= 0.3 is 0 Å². The number of rotatable bonds is 3. The van der Waals surface area contributed by atoms with E-state index in [2.05, 4.69) is 22.6 Å². The monoisotopic (exact) mass is 419 g/mol. The lowest BCUT2D eigenvalue weighted by atomic mass is 10.1. The second-order valence-electron chi connectivity index (χ2n) is 4.45. The summed E-state index contributed by atoms with van der Waals surface area (Å²) in [7, 11) is 1.76. The van der Waals surface area contributed by atoms with Crippen molar-refractivity contribution in [3.05, 3.63) is 67.2 Å². The quantitative estimate of drug-likeness (QED) is 0.650. The van der Waals surface area contributed by atoms with Crippen LogP contribution < -0.4 is 0 Å². The number of hydrogen-bond acceptors (Lipinski definition) is 1. The average molecular weight is 420 g/mol. The molecule has 2 nitrogen and oxygen atoms in total. The maximum Gasteiger partial charge on any atom is 0.253 e. The SMILES string of the molecule is CN(Cc1cc(Cl)cc(Cl)c1)C(=O)c1ccc(I)cc1. The van der Waals surface area contributed by atoms with Crippen molar-refractivity contribution in [1.29, 1.82) is 0 Å². The van der Waals surface area contributed by atoms with E-state index in [0.29, 0.717) is 22.2 Å². The largest absolute Gasteiger partial charge is 0.337 e. The molecule has 0 radical (unpaired) electrons. The smallest absolute Gasteiger partial charge is 0.253 e. The maximum absolute atomic E-state index is 12.3. The third-order valence-corrected chi connectivity index (χ3v) is 3.94. The Kier molecular flexibility index (Phi) is 5.29. The molecule has 2 aromatic rings. The van der Waals surface area contributed by atoms with Crippen LogP contribution in [0.3, 0.4) is 0 Å². The normalized spacial score (nSPS) is 10.4. The number of halogens is 3. The predicted octanol–water partition coefficient (Wildman–Crippen LogP) is 4.87. The van der Waals surface area contributed by atoms with Gasteiger partial charge in [0.15, 0.2) is 0 Å². The van der Waals surface area contributed by atoms with Crippen molar-refractivity contribution in [2.24, 2.45) is 0 Å². The molecule has 0 atom stereocenters. The highest BCUT2D eigenvalue weighted by molar-refractivity contribution is 14.1. The molecule has 2 rings (SSSR count). The van der Waals surface area contributed by atoms with Gasteiger partial charge in [-0.3, -0.25) is 4.79 Å². The lowest BCUT2D eigenvalue weighted by Crippen LogP contribution is -2.26. The van der Waals surface area contributed by atoms with Crippen molar-refractivity contribution in [2.45, 2.75) is 6.54 Å². The Balaban J connectivity index is 2.13. The molecular formula is C15H12Cl2INO. The number of amides is 1. The number of benzene rings is 2. The summed E-state index contributed by atoms with van der Waals surface area (Å²) in [6.07, 6.45) is 0. The average Bonchev–Trinajstić information content (AvgIpc) is 2.37. The van der Waals surface area contributed by atoms with E-state index in [0.717, 1.165) is 9.13 Å². The first kappa shape index (κ1) is 15.6. The van der Waals surface area contributed by atoms with E-state index in [9.17, 15) is 4.79 Å². The van der Waals surface area contributed by atoms with Gasteiger partial charge in [-0.2, -0.15) is 0 Å². The van der Waals surface area contributed by atoms with Crippen LogP contribution >= 0.6 is 45.8 Å². The van der Waals surface area contributed by atoms with E-state index in [1.165, 1.54) is 0 Å². The lowest BCUT2D eigenvalue weighted by molar-refractivity contribution is 0.0785. The van der Waals surface area contributed by atoms with Crippen LogP contribution in [-0.4, -0.2) is 17.9 Å². The van der Waals surface area contributed by atoms with Crippen molar-refractivity contribution < 1.29 is 4.79 Å². The summed E-state index contributed by atoms with van der Waals surface area (Å²) < 4.78 is 1.10. The van der Waals surface area contributed by atoms with Crippen molar-refractivity contribution in [3.63, 3.8) is 0 Å². The Labute approximate surface area is 141 Å². The molecule has 2 aromatic carbocycles. The first-order chi connectivity index (χ1) is 9.45. The minimum atomic E-state index is -0.0301. The zero-order valence-electron chi connectivity index (χ0n) is 10.7. The predicted molar refractivity (Wildman–Crippen MR) is 91.4 cm³/mol. The minimum absolute atomic E-state index is 0.0301. The molecule has 0 aromatic heterocycles. The summed E-state index contributed by atoms with van der Waals surface area (Å²) in [5.41, 5.74) is 1.57. The zero-order valence-corrected chi connectivity index (χ0v) is 14.4. The molecule has 0 heterocycles. The molecule has 0 bridgehead atoms. The summed E-state index contributed by atoms with van der Waals surface area (Å²) in [5, 5.41) is 1.14. The molecular weight excluding hydrogens is 408 g/mol. The molecule has 20 heavy (non-hydrogen) atoms. The summed E-state index contributed by atoms with van der Waals surface area (Å²) in [5.74, 6) is -0.0301. The molecule has 0 aliphatic carbocycles. The van der Waals surface area contributed by atoms with E-state index < -0.39 is 0 Å². The highest BCUT2D eigenvalue weighted by atomic mass is 127. The van der Waals surface area contributed by atoms with Crippen molar-refractivity contribution in [2.75, 3.05) is 7.05 Å². The van der Waals surface area contributed by atoms with Gasteiger partial charge in [-0.15, -0.1) is 0 Å². The summed E-state index contributed by atoms with van der Waals surface area (Å²) >= 11 is 14.1. The fourth-order valence-corrected chi connectivity index (χ4v) is 2.79. The van der Waals surface area contributed by atoms with Gasteiger partial charge in [-0.05, 0) is 70.6 Å². The maximum atomic E-state index is 12.3. The molecule has 0 aliphatic rings. The number of carbonyl (C=O) groups is 1. The van der Waals surface area contributed by atoms with Gasteiger partial charge in [0.1, 0.15) is 0 Å². The summed E-state index contributed by atoms with van der Waals surface area (Å²) in [6.45, 7) is 0.463. The first-order valence-corrected chi connectivity index (χ1v) is 7.75. The topological polar surface area (TPSA) is 20.3 Å². The van der Waals surface area contributed by atoms with Crippen LogP contribution in [-0.2, 0) is 6.54 Å². The van der Waals surface area contributed by atoms with Gasteiger partial charge in [0.25, 0.3) is 5.91 Å². The Morgan fingerprint density at radius 1 is 1.10 bits per heavy atom. The van der Waals surface area contributed by atoms with Crippen LogP contribution in [0.5, 0.6) is 0 Å². The summed E-state index contributed by atoms with van der Waals surface area (Å²) in [4.78, 5) is 13.9. The van der Waals surface area contributed by atoms with E-state index >= 15 is 0 Å². The second kappa shape index (κ2) is 6.78. The number of hydrogen-bond donors (Lipinski definition) is 0. The molecule has 0 spiro atoms. The standard InChI is InChI=1S/C15H12Cl2INO/c1-19(9-10-6-12(16)8-13(17)7-10)15(20)11-2-4-14(18)5-3-11/h2-8H,9H2,1H3. The molecule has 0 unspecified atom stereocenters. The Bertz CT molecular complexity index is 608. The fraction of sp³-hybridized carbons (Fsp3) is 0.133.